The average Bonchev–Trinajstić information content (AvgIpc) is 3.59. The van der Waals surface area contributed by atoms with Gasteiger partial charge in [-0.25, -0.2) is 0 Å². The summed E-state index contributed by atoms with van der Waals surface area (Å²) in [6, 6.07) is 35.7. The lowest BCUT2D eigenvalue weighted by Gasteiger charge is -2.03. The zero-order valence-corrected chi connectivity index (χ0v) is 37.6. The van der Waals surface area contributed by atoms with Crippen molar-refractivity contribution in [3.05, 3.63) is 132 Å². The second-order valence-electron chi connectivity index (χ2n) is 11.8. The number of fused-ring (bicyclic) bond motifs is 1. The van der Waals surface area contributed by atoms with E-state index in [2.05, 4.69) is 74.3 Å². The monoisotopic (exact) mass is 954 g/mol. The molecule has 1 heterocycles. The molecule has 3 N–H and O–H groups in total. The van der Waals surface area contributed by atoms with Crippen molar-refractivity contribution in [3.63, 3.8) is 0 Å². The minimum Gasteiger partial charge on any atom is -0.497 e. The lowest BCUT2D eigenvalue weighted by molar-refractivity contribution is 0.0983. The minimum atomic E-state index is -0.138. The van der Waals surface area contributed by atoms with Crippen molar-refractivity contribution in [2.45, 2.75) is 32.0 Å². The standard InChI is InChI=1S/C17H17NO2.C10H11BrO2.C10H12O2.C7H9NO.Br2/c1-11-15-10-14(20-3)8-9-16(15)18-17(11)12-4-6-13(19-2)7-5-12;1-7(11)10(12)8-3-5-9(13-2)6-4-8;1-3-10(11)8-4-6-9(12-2)7-5-8;1-9-7-4-2-6(8)3-5-7;1-2/h4-10,18H,1-3H3;3-7H,1-2H3;4-7H,3H2,1-2H3;2-5H,8H2,1H3;. The van der Waals surface area contributed by atoms with Gasteiger partial charge in [-0.15, -0.1) is 0 Å². The molecule has 0 fully saturated rings. The number of aromatic nitrogens is 1. The van der Waals surface area contributed by atoms with Crippen molar-refractivity contribution in [2.24, 2.45) is 0 Å². The largest absolute Gasteiger partial charge is 0.497 e. The van der Waals surface area contributed by atoms with Gasteiger partial charge < -0.3 is 34.4 Å². The SMILES string of the molecule is BrBr.CCC(=O)c1ccc(OC)cc1.COc1ccc(-c2[nH]c3ccc(OC)cc3c2C)cc1.COc1ccc(C(=O)C(C)Br)cc1.COc1ccc(N)cc1. The van der Waals surface area contributed by atoms with Gasteiger partial charge in [-0.3, -0.25) is 9.59 Å². The van der Waals surface area contributed by atoms with Crippen LogP contribution in [-0.4, -0.2) is 56.9 Å². The van der Waals surface area contributed by atoms with Crippen molar-refractivity contribution < 1.29 is 33.3 Å². The number of ether oxygens (including phenoxy) is 5. The first-order chi connectivity index (χ1) is 27.0. The van der Waals surface area contributed by atoms with Gasteiger partial charge in [0.1, 0.15) is 28.7 Å². The number of anilines is 1. The van der Waals surface area contributed by atoms with E-state index in [9.17, 15) is 9.59 Å². The van der Waals surface area contributed by atoms with Crippen LogP contribution in [0, 0.1) is 6.92 Å². The molecule has 0 aliphatic rings. The van der Waals surface area contributed by atoms with Crippen LogP contribution in [0.3, 0.4) is 0 Å². The summed E-state index contributed by atoms with van der Waals surface area (Å²) in [5.41, 5.74) is 12.3. The average molecular weight is 958 g/mol. The number of methoxy groups -OCH3 is 5. The summed E-state index contributed by atoms with van der Waals surface area (Å²) in [5, 5.41) is 1.19. The third kappa shape index (κ3) is 14.7. The Balaban J connectivity index is 0.000000265. The first-order valence-corrected chi connectivity index (χ1v) is 22.0. The normalized spacial score (nSPS) is 10.3. The van der Waals surface area contributed by atoms with Gasteiger partial charge in [0.15, 0.2) is 11.6 Å². The Labute approximate surface area is 353 Å². The first kappa shape index (κ1) is 47.4. The number of nitrogen functional groups attached to an aromatic ring is 1. The highest BCUT2D eigenvalue weighted by Gasteiger charge is 2.12. The molecule has 0 saturated heterocycles. The number of ketones is 2. The van der Waals surface area contributed by atoms with Crippen LogP contribution in [-0.2, 0) is 0 Å². The van der Waals surface area contributed by atoms with Crippen LogP contribution in [0.2, 0.25) is 0 Å². The Kier molecular flexibility index (Phi) is 21.5. The fourth-order valence-corrected chi connectivity index (χ4v) is 5.31. The fourth-order valence-electron chi connectivity index (χ4n) is 5.05. The molecule has 0 radical (unpaired) electrons. The van der Waals surface area contributed by atoms with E-state index >= 15 is 0 Å². The minimum absolute atomic E-state index is 0.0858. The zero-order valence-electron chi connectivity index (χ0n) is 32.8. The number of carbonyl (C=O) groups excluding carboxylic acids is 2. The Morgan fingerprint density at radius 2 is 1.02 bits per heavy atom. The second-order valence-corrected chi connectivity index (χ2v) is 13.1. The summed E-state index contributed by atoms with van der Waals surface area (Å²) in [5.74, 6) is 4.37. The number of H-pyrrole nitrogens is 1. The molecule has 298 valence electrons. The topological polar surface area (TPSA) is 122 Å². The molecule has 6 rings (SSSR count). The maximum Gasteiger partial charge on any atom is 0.176 e. The maximum atomic E-state index is 11.5. The van der Waals surface area contributed by atoms with Crippen molar-refractivity contribution in [3.8, 4) is 40.0 Å². The third-order valence-electron chi connectivity index (χ3n) is 8.23. The summed E-state index contributed by atoms with van der Waals surface area (Å²) in [7, 11) is 8.20. The number of hydrogen-bond donors (Lipinski definition) is 2. The molecular weight excluding hydrogens is 908 g/mol. The Hall–Kier alpha value is -4.78. The molecule has 0 saturated carbocycles. The van der Waals surface area contributed by atoms with E-state index in [0.717, 1.165) is 56.8 Å². The predicted octanol–water partition coefficient (Wildman–Crippen LogP) is 12.1. The molecular formula is C44H49Br3N2O7. The number of rotatable bonds is 10. The van der Waals surface area contributed by atoms with E-state index in [0.29, 0.717) is 12.0 Å². The molecule has 1 unspecified atom stereocenters. The molecule has 0 bridgehead atoms. The van der Waals surface area contributed by atoms with Crippen LogP contribution in [0.15, 0.2) is 115 Å². The van der Waals surface area contributed by atoms with Crippen molar-refractivity contribution >= 4 is 72.3 Å². The van der Waals surface area contributed by atoms with Crippen LogP contribution >= 0.6 is 44.2 Å². The predicted molar refractivity (Wildman–Crippen MR) is 240 cm³/mol. The Bertz CT molecular complexity index is 2050. The number of nitrogens with two attached hydrogens (primary N) is 1. The Morgan fingerprint density at radius 3 is 1.43 bits per heavy atom. The number of alkyl halides is 1. The van der Waals surface area contributed by atoms with Crippen LogP contribution in [0.4, 0.5) is 5.69 Å². The first-order valence-electron chi connectivity index (χ1n) is 17.3. The summed E-state index contributed by atoms with van der Waals surface area (Å²) in [6.45, 7) is 5.79. The fraction of sp³-hybridized carbons (Fsp3) is 0.227. The maximum absolute atomic E-state index is 11.5. The lowest BCUT2D eigenvalue weighted by Crippen LogP contribution is -2.09. The summed E-state index contributed by atoms with van der Waals surface area (Å²) >= 11 is 8.73. The number of benzene rings is 5. The highest BCUT2D eigenvalue weighted by Crippen LogP contribution is 2.32. The molecule has 9 nitrogen and oxygen atoms in total. The van der Waals surface area contributed by atoms with Gasteiger partial charge in [0.2, 0.25) is 0 Å². The third-order valence-corrected chi connectivity index (χ3v) is 8.64. The van der Waals surface area contributed by atoms with Gasteiger partial charge in [0.05, 0.1) is 40.4 Å². The van der Waals surface area contributed by atoms with E-state index in [1.165, 1.54) is 10.9 Å². The van der Waals surface area contributed by atoms with Crippen LogP contribution in [0.1, 0.15) is 46.5 Å². The molecule has 1 atom stereocenters. The van der Waals surface area contributed by atoms with Gasteiger partial charge in [0, 0.05) is 68.1 Å². The summed E-state index contributed by atoms with van der Waals surface area (Å²) in [4.78, 5) is 26.0. The molecule has 6 aromatic rings. The van der Waals surface area contributed by atoms with Crippen LogP contribution in [0.25, 0.3) is 22.2 Å². The molecule has 0 amide bonds. The molecule has 0 spiro atoms. The lowest BCUT2D eigenvalue weighted by atomic mass is 10.1. The van der Waals surface area contributed by atoms with Gasteiger partial charge >= 0.3 is 0 Å². The summed E-state index contributed by atoms with van der Waals surface area (Å²) < 4.78 is 25.4. The molecule has 0 aliphatic heterocycles. The van der Waals surface area contributed by atoms with E-state index in [-0.39, 0.29) is 16.4 Å². The zero-order chi connectivity index (χ0) is 41.6. The number of aromatic amines is 1. The van der Waals surface area contributed by atoms with Crippen molar-refractivity contribution in [1.82, 2.24) is 4.98 Å². The number of nitrogens with one attached hydrogen (secondary N) is 1. The van der Waals surface area contributed by atoms with Crippen molar-refractivity contribution in [1.29, 1.82) is 0 Å². The van der Waals surface area contributed by atoms with Gasteiger partial charge in [-0.05, 0) is 140 Å². The van der Waals surface area contributed by atoms with Gasteiger partial charge in [0.25, 0.3) is 0 Å². The van der Waals surface area contributed by atoms with Crippen LogP contribution < -0.4 is 29.4 Å². The quantitative estimate of drug-likeness (QED) is 0.0791. The molecule has 56 heavy (non-hydrogen) atoms. The van der Waals surface area contributed by atoms with E-state index in [1.807, 2.05) is 50.2 Å². The number of Topliss-reactive ketones (excluding diaryl/α,β-unsaturated/α-hetero) is 2. The van der Waals surface area contributed by atoms with Crippen molar-refractivity contribution in [2.75, 3.05) is 41.3 Å². The molecule has 1 aromatic heterocycles. The van der Waals surface area contributed by atoms with E-state index in [4.69, 9.17) is 29.4 Å². The van der Waals surface area contributed by atoms with Gasteiger partial charge in [-0.1, -0.05) is 22.9 Å². The summed E-state index contributed by atoms with van der Waals surface area (Å²) in [6.07, 6.45) is 0.548. The van der Waals surface area contributed by atoms with Gasteiger partial charge in [-0.2, -0.15) is 0 Å². The number of halogens is 3. The van der Waals surface area contributed by atoms with E-state index in [1.54, 1.807) is 96.2 Å². The molecule has 5 aromatic carbocycles. The Morgan fingerprint density at radius 1 is 0.625 bits per heavy atom. The number of aryl methyl sites for hydroxylation is 1. The number of hydrogen-bond acceptors (Lipinski definition) is 8. The highest BCUT2D eigenvalue weighted by molar-refractivity contribution is 9.93. The van der Waals surface area contributed by atoms with E-state index < -0.39 is 0 Å². The molecule has 12 heteroatoms. The number of carbonyl (C=O) groups is 2. The smallest absolute Gasteiger partial charge is 0.176 e. The van der Waals surface area contributed by atoms with Crippen LogP contribution in [0.5, 0.6) is 28.7 Å². The molecule has 0 aliphatic carbocycles. The second kappa shape index (κ2) is 25.4. The highest BCUT2D eigenvalue weighted by atomic mass is 80.9.